The molecule has 0 spiro atoms. The van der Waals surface area contributed by atoms with E-state index in [9.17, 15) is 9.18 Å². The van der Waals surface area contributed by atoms with E-state index >= 15 is 0 Å². The molecule has 0 saturated carbocycles. The van der Waals surface area contributed by atoms with Crippen LogP contribution in [0.3, 0.4) is 0 Å². The number of halogens is 3. The van der Waals surface area contributed by atoms with Crippen LogP contribution in [-0.4, -0.2) is 34.6 Å². The van der Waals surface area contributed by atoms with Crippen molar-refractivity contribution in [2.75, 3.05) is 13.1 Å². The maximum absolute atomic E-state index is 13.2. The number of amides is 1. The number of nitrogens with one attached hydrogen (secondary N) is 2. The molecule has 23 heavy (non-hydrogen) atoms. The van der Waals surface area contributed by atoms with Gasteiger partial charge in [-0.25, -0.2) is 9.37 Å². The molecular weight excluding hydrogens is 342 g/mol. The first-order valence-corrected chi connectivity index (χ1v) is 7.27. The number of fused-ring (bicyclic) bond motifs is 1. The van der Waals surface area contributed by atoms with E-state index in [0.717, 1.165) is 30.7 Å². The molecule has 1 fully saturated rings. The molecule has 8 heteroatoms. The predicted molar refractivity (Wildman–Crippen MR) is 92.9 cm³/mol. The van der Waals surface area contributed by atoms with Gasteiger partial charge in [0.05, 0.1) is 17.1 Å². The summed E-state index contributed by atoms with van der Waals surface area (Å²) in [5, 5.41) is 6.10. The lowest BCUT2D eigenvalue weighted by molar-refractivity contribution is -0.122. The fraction of sp³-hybridized carbons (Fsp3) is 0.467. The van der Waals surface area contributed by atoms with E-state index in [4.69, 9.17) is 0 Å². The van der Waals surface area contributed by atoms with Gasteiger partial charge in [0.15, 0.2) is 0 Å². The van der Waals surface area contributed by atoms with E-state index in [1.807, 2.05) is 11.6 Å². The minimum absolute atomic E-state index is 0. The fourth-order valence-electron chi connectivity index (χ4n) is 2.78. The van der Waals surface area contributed by atoms with Crippen LogP contribution in [0.25, 0.3) is 11.0 Å². The second-order valence-corrected chi connectivity index (χ2v) is 5.41. The summed E-state index contributed by atoms with van der Waals surface area (Å²) in [5.74, 6) is 0.611. The van der Waals surface area contributed by atoms with Crippen LogP contribution in [-0.2, 0) is 18.3 Å². The van der Waals surface area contributed by atoms with Gasteiger partial charge in [0.1, 0.15) is 11.6 Å². The molecule has 0 radical (unpaired) electrons. The van der Waals surface area contributed by atoms with Crippen molar-refractivity contribution < 1.29 is 9.18 Å². The summed E-state index contributed by atoms with van der Waals surface area (Å²) in [6.07, 6.45) is 2.58. The molecule has 3 rings (SSSR count). The number of aryl methyl sites for hydroxylation is 1. The first-order valence-electron chi connectivity index (χ1n) is 7.27. The number of aromatic nitrogens is 2. The molecule has 1 aliphatic rings. The Morgan fingerprint density at radius 1 is 1.48 bits per heavy atom. The standard InChI is InChI=1S/C15H19FN4O.2ClH/c1-20-13-5-4-10(16)9-12(13)19-14(20)6-8-18-15(21)11-3-2-7-17-11;;/h4-5,9,11,17H,2-3,6-8H2,1H3,(H,18,21);2*1H/t11-;;/m0../s1. The van der Waals surface area contributed by atoms with Crippen molar-refractivity contribution in [2.45, 2.75) is 25.3 Å². The fourth-order valence-corrected chi connectivity index (χ4v) is 2.78. The van der Waals surface area contributed by atoms with Gasteiger partial charge in [0, 0.05) is 26.1 Å². The zero-order chi connectivity index (χ0) is 14.8. The molecule has 2 aromatic rings. The number of hydrogen-bond acceptors (Lipinski definition) is 3. The molecule has 1 atom stereocenters. The summed E-state index contributed by atoms with van der Waals surface area (Å²) in [5.41, 5.74) is 1.55. The van der Waals surface area contributed by atoms with E-state index in [-0.39, 0.29) is 42.6 Å². The largest absolute Gasteiger partial charge is 0.354 e. The second-order valence-electron chi connectivity index (χ2n) is 5.41. The van der Waals surface area contributed by atoms with Crippen LogP contribution in [0, 0.1) is 5.82 Å². The van der Waals surface area contributed by atoms with Crippen molar-refractivity contribution in [3.63, 3.8) is 0 Å². The Balaban J connectivity index is 0.00000132. The van der Waals surface area contributed by atoms with Gasteiger partial charge in [-0.1, -0.05) is 0 Å². The van der Waals surface area contributed by atoms with Crippen LogP contribution in [0.1, 0.15) is 18.7 Å². The monoisotopic (exact) mass is 362 g/mol. The highest BCUT2D eigenvalue weighted by Gasteiger charge is 2.21. The summed E-state index contributed by atoms with van der Waals surface area (Å²) in [6, 6.07) is 4.53. The number of rotatable bonds is 4. The van der Waals surface area contributed by atoms with Crippen LogP contribution >= 0.6 is 24.8 Å². The van der Waals surface area contributed by atoms with Crippen molar-refractivity contribution in [1.82, 2.24) is 20.2 Å². The number of carbonyl (C=O) groups excluding carboxylic acids is 1. The van der Waals surface area contributed by atoms with Crippen LogP contribution in [0.2, 0.25) is 0 Å². The van der Waals surface area contributed by atoms with E-state index in [1.54, 1.807) is 6.07 Å². The Kier molecular flexibility index (Phi) is 7.25. The third-order valence-electron chi connectivity index (χ3n) is 3.96. The molecule has 0 bridgehead atoms. The van der Waals surface area contributed by atoms with Crippen LogP contribution in [0.5, 0.6) is 0 Å². The summed E-state index contributed by atoms with van der Waals surface area (Å²) in [6.45, 7) is 1.45. The van der Waals surface area contributed by atoms with Crippen molar-refractivity contribution in [3.8, 4) is 0 Å². The zero-order valence-electron chi connectivity index (χ0n) is 12.8. The zero-order valence-corrected chi connectivity index (χ0v) is 14.5. The Morgan fingerprint density at radius 3 is 2.96 bits per heavy atom. The number of imidazole rings is 1. The third-order valence-corrected chi connectivity index (χ3v) is 3.96. The van der Waals surface area contributed by atoms with E-state index < -0.39 is 0 Å². The Hall–Kier alpha value is -1.37. The number of nitrogens with zero attached hydrogens (tertiary/aromatic N) is 2. The lowest BCUT2D eigenvalue weighted by atomic mass is 10.2. The van der Waals surface area contributed by atoms with Gasteiger partial charge in [-0.15, -0.1) is 24.8 Å². The first kappa shape index (κ1) is 19.7. The summed E-state index contributed by atoms with van der Waals surface area (Å²) in [7, 11) is 1.91. The predicted octanol–water partition coefficient (Wildman–Crippen LogP) is 1.97. The Bertz CT molecular complexity index is 671. The molecule has 2 heterocycles. The maximum Gasteiger partial charge on any atom is 0.237 e. The minimum Gasteiger partial charge on any atom is -0.354 e. The lowest BCUT2D eigenvalue weighted by Crippen LogP contribution is -2.41. The van der Waals surface area contributed by atoms with E-state index in [1.165, 1.54) is 12.1 Å². The van der Waals surface area contributed by atoms with Gasteiger partial charge in [-0.2, -0.15) is 0 Å². The van der Waals surface area contributed by atoms with Crippen molar-refractivity contribution >= 4 is 41.8 Å². The molecule has 2 N–H and O–H groups in total. The van der Waals surface area contributed by atoms with E-state index in [0.29, 0.717) is 18.5 Å². The molecule has 1 saturated heterocycles. The topological polar surface area (TPSA) is 59.0 Å². The Labute approximate surface area is 146 Å². The van der Waals surface area contributed by atoms with Gasteiger partial charge in [-0.3, -0.25) is 4.79 Å². The molecule has 0 aliphatic carbocycles. The molecule has 5 nitrogen and oxygen atoms in total. The summed E-state index contributed by atoms with van der Waals surface area (Å²) < 4.78 is 15.1. The molecule has 1 amide bonds. The number of carbonyl (C=O) groups is 1. The molecule has 1 aromatic carbocycles. The van der Waals surface area contributed by atoms with Gasteiger partial charge < -0.3 is 15.2 Å². The van der Waals surface area contributed by atoms with Gasteiger partial charge in [-0.05, 0) is 31.5 Å². The van der Waals surface area contributed by atoms with Gasteiger partial charge in [0.2, 0.25) is 5.91 Å². The quantitative estimate of drug-likeness (QED) is 0.873. The number of benzene rings is 1. The highest BCUT2D eigenvalue weighted by atomic mass is 35.5. The summed E-state index contributed by atoms with van der Waals surface area (Å²) >= 11 is 0. The van der Waals surface area contributed by atoms with Crippen LogP contribution in [0.15, 0.2) is 18.2 Å². The van der Waals surface area contributed by atoms with Crippen molar-refractivity contribution in [1.29, 1.82) is 0 Å². The highest BCUT2D eigenvalue weighted by molar-refractivity contribution is 5.85. The smallest absolute Gasteiger partial charge is 0.237 e. The number of hydrogen-bond donors (Lipinski definition) is 2. The van der Waals surface area contributed by atoms with Crippen LogP contribution < -0.4 is 10.6 Å². The molecule has 1 aliphatic heterocycles. The first-order chi connectivity index (χ1) is 10.1. The third kappa shape index (κ3) is 4.34. The lowest BCUT2D eigenvalue weighted by Gasteiger charge is -2.10. The van der Waals surface area contributed by atoms with Gasteiger partial charge in [0.25, 0.3) is 0 Å². The van der Waals surface area contributed by atoms with Gasteiger partial charge >= 0.3 is 0 Å². The van der Waals surface area contributed by atoms with Crippen molar-refractivity contribution in [3.05, 3.63) is 29.8 Å². The van der Waals surface area contributed by atoms with Crippen molar-refractivity contribution in [2.24, 2.45) is 7.05 Å². The normalized spacial score (nSPS) is 16.7. The molecular formula is C15H21Cl2FN4O. The average Bonchev–Trinajstić information content (AvgIpc) is 3.08. The molecule has 128 valence electrons. The van der Waals surface area contributed by atoms with Crippen LogP contribution in [0.4, 0.5) is 4.39 Å². The van der Waals surface area contributed by atoms with E-state index in [2.05, 4.69) is 15.6 Å². The minimum atomic E-state index is -0.284. The maximum atomic E-state index is 13.2. The highest BCUT2D eigenvalue weighted by Crippen LogP contribution is 2.16. The molecule has 0 unspecified atom stereocenters. The SMILES string of the molecule is Cl.Cl.Cn1c(CCNC(=O)[C@@H]2CCCN2)nc2cc(F)ccc21. The summed E-state index contributed by atoms with van der Waals surface area (Å²) in [4.78, 5) is 16.3. The molecule has 1 aromatic heterocycles. The second kappa shape index (κ2) is 8.47. The Morgan fingerprint density at radius 2 is 2.26 bits per heavy atom. The average molecular weight is 363 g/mol.